The number of amides is 2. The standard InChI is InChI=1S/C17H31N3O2/c1-19(2)15(13-7-5-4-6-8-13)12-18-17(22)14-9-10-20(3)16(21)11-14/h13-15H,4-12H2,1-3H3,(H,18,22)/t14-,15+/m0/s1. The fourth-order valence-electron chi connectivity index (χ4n) is 3.81. The molecule has 1 saturated carbocycles. The highest BCUT2D eigenvalue weighted by Gasteiger charge is 2.30. The quantitative estimate of drug-likeness (QED) is 0.837. The number of rotatable bonds is 5. The molecule has 0 aromatic heterocycles. The molecule has 0 radical (unpaired) electrons. The molecule has 2 atom stereocenters. The van der Waals surface area contributed by atoms with Crippen molar-refractivity contribution in [1.29, 1.82) is 0 Å². The number of nitrogens with one attached hydrogen (secondary N) is 1. The van der Waals surface area contributed by atoms with Gasteiger partial charge < -0.3 is 15.1 Å². The monoisotopic (exact) mass is 309 g/mol. The molecule has 0 aromatic rings. The van der Waals surface area contributed by atoms with Gasteiger partial charge in [0.15, 0.2) is 0 Å². The van der Waals surface area contributed by atoms with E-state index in [2.05, 4.69) is 24.3 Å². The summed E-state index contributed by atoms with van der Waals surface area (Å²) in [6.07, 6.45) is 7.65. The van der Waals surface area contributed by atoms with Crippen LogP contribution in [-0.4, -0.2) is 61.9 Å². The Morgan fingerprint density at radius 1 is 1.27 bits per heavy atom. The van der Waals surface area contributed by atoms with Crippen molar-refractivity contribution in [3.63, 3.8) is 0 Å². The molecule has 0 aromatic carbocycles. The molecule has 2 amide bonds. The Labute approximate surface area is 134 Å². The minimum Gasteiger partial charge on any atom is -0.354 e. The smallest absolute Gasteiger partial charge is 0.223 e. The molecule has 5 nitrogen and oxygen atoms in total. The van der Waals surface area contributed by atoms with Crippen molar-refractivity contribution in [3.05, 3.63) is 0 Å². The molecule has 0 unspecified atom stereocenters. The SMILES string of the molecule is CN1CC[C@H](C(=O)NC[C@H](C2CCCCC2)N(C)C)CC1=O. The Bertz CT molecular complexity index is 391. The Kier molecular flexibility index (Phi) is 6.24. The summed E-state index contributed by atoms with van der Waals surface area (Å²) in [6.45, 7) is 1.40. The van der Waals surface area contributed by atoms with E-state index in [0.29, 0.717) is 31.5 Å². The van der Waals surface area contributed by atoms with Crippen LogP contribution >= 0.6 is 0 Å². The van der Waals surface area contributed by atoms with Crippen LogP contribution in [0.3, 0.4) is 0 Å². The van der Waals surface area contributed by atoms with E-state index >= 15 is 0 Å². The van der Waals surface area contributed by atoms with Gasteiger partial charge in [-0.05, 0) is 39.3 Å². The summed E-state index contributed by atoms with van der Waals surface area (Å²) in [4.78, 5) is 28.1. The molecule has 1 aliphatic heterocycles. The van der Waals surface area contributed by atoms with Crippen LogP contribution < -0.4 is 5.32 Å². The third-order valence-electron chi connectivity index (χ3n) is 5.37. The van der Waals surface area contributed by atoms with Crippen LogP contribution in [0.2, 0.25) is 0 Å². The molecule has 2 rings (SSSR count). The van der Waals surface area contributed by atoms with E-state index in [0.717, 1.165) is 6.42 Å². The van der Waals surface area contributed by atoms with E-state index in [1.54, 1.807) is 4.90 Å². The zero-order valence-corrected chi connectivity index (χ0v) is 14.3. The summed E-state index contributed by atoms with van der Waals surface area (Å²) < 4.78 is 0. The van der Waals surface area contributed by atoms with Gasteiger partial charge in [0.2, 0.25) is 11.8 Å². The molecule has 22 heavy (non-hydrogen) atoms. The van der Waals surface area contributed by atoms with Gasteiger partial charge in [0.25, 0.3) is 0 Å². The lowest BCUT2D eigenvalue weighted by atomic mass is 9.83. The number of likely N-dealkylation sites (tertiary alicyclic amines) is 1. The highest BCUT2D eigenvalue weighted by atomic mass is 16.2. The lowest BCUT2D eigenvalue weighted by Crippen LogP contribution is -2.48. The van der Waals surface area contributed by atoms with Crippen LogP contribution in [0.1, 0.15) is 44.9 Å². The number of hydrogen-bond donors (Lipinski definition) is 1. The van der Waals surface area contributed by atoms with Gasteiger partial charge in [0.05, 0.1) is 0 Å². The first kappa shape index (κ1) is 17.3. The van der Waals surface area contributed by atoms with Crippen molar-refractivity contribution in [1.82, 2.24) is 15.1 Å². The van der Waals surface area contributed by atoms with E-state index in [1.165, 1.54) is 32.1 Å². The van der Waals surface area contributed by atoms with E-state index in [4.69, 9.17) is 0 Å². The molecule has 2 fully saturated rings. The average Bonchev–Trinajstić information content (AvgIpc) is 2.50. The maximum Gasteiger partial charge on any atom is 0.223 e. The van der Waals surface area contributed by atoms with Gasteiger partial charge in [-0.1, -0.05) is 19.3 Å². The Balaban J connectivity index is 1.83. The molecule has 1 heterocycles. The molecule has 0 bridgehead atoms. The molecule has 0 spiro atoms. The van der Waals surface area contributed by atoms with Crippen molar-refractivity contribution in [2.75, 3.05) is 34.2 Å². The van der Waals surface area contributed by atoms with Gasteiger partial charge in [0, 0.05) is 38.5 Å². The van der Waals surface area contributed by atoms with Gasteiger partial charge in [-0.25, -0.2) is 0 Å². The highest BCUT2D eigenvalue weighted by molar-refractivity contribution is 5.86. The first-order chi connectivity index (χ1) is 10.5. The van der Waals surface area contributed by atoms with Gasteiger partial charge >= 0.3 is 0 Å². The number of piperidine rings is 1. The molecule has 2 aliphatic rings. The van der Waals surface area contributed by atoms with Crippen LogP contribution in [-0.2, 0) is 9.59 Å². The second-order valence-corrected chi connectivity index (χ2v) is 7.18. The summed E-state index contributed by atoms with van der Waals surface area (Å²) in [5.74, 6) is 0.688. The number of hydrogen-bond acceptors (Lipinski definition) is 3. The van der Waals surface area contributed by atoms with E-state index in [1.807, 2.05) is 7.05 Å². The summed E-state index contributed by atoms with van der Waals surface area (Å²) in [6, 6.07) is 0.409. The minimum absolute atomic E-state index is 0.0594. The lowest BCUT2D eigenvalue weighted by molar-refractivity contribution is -0.139. The summed E-state index contributed by atoms with van der Waals surface area (Å²) in [5.41, 5.74) is 0. The minimum atomic E-state index is -0.141. The Morgan fingerprint density at radius 3 is 2.55 bits per heavy atom. The molecule has 1 aliphatic carbocycles. The number of likely N-dealkylation sites (N-methyl/N-ethyl adjacent to an activating group) is 1. The fraction of sp³-hybridized carbons (Fsp3) is 0.882. The first-order valence-corrected chi connectivity index (χ1v) is 8.67. The molecular weight excluding hydrogens is 278 g/mol. The third-order valence-corrected chi connectivity index (χ3v) is 5.37. The summed E-state index contributed by atoms with van der Waals surface area (Å²) in [5, 5.41) is 3.12. The van der Waals surface area contributed by atoms with E-state index in [9.17, 15) is 9.59 Å². The lowest BCUT2D eigenvalue weighted by Gasteiger charge is -2.35. The Morgan fingerprint density at radius 2 is 1.95 bits per heavy atom. The third kappa shape index (κ3) is 4.45. The molecule has 126 valence electrons. The van der Waals surface area contributed by atoms with Crippen molar-refractivity contribution in [2.45, 2.75) is 51.0 Å². The molecule has 1 saturated heterocycles. The highest BCUT2D eigenvalue weighted by Crippen LogP contribution is 2.28. The van der Waals surface area contributed by atoms with Crippen molar-refractivity contribution in [2.24, 2.45) is 11.8 Å². The van der Waals surface area contributed by atoms with Crippen LogP contribution in [0, 0.1) is 11.8 Å². The molecule has 5 heteroatoms. The predicted octanol–water partition coefficient (Wildman–Crippen LogP) is 1.48. The fourth-order valence-corrected chi connectivity index (χ4v) is 3.81. The van der Waals surface area contributed by atoms with Crippen LogP contribution in [0.15, 0.2) is 0 Å². The normalized spacial score (nSPS) is 25.4. The topological polar surface area (TPSA) is 52.7 Å². The largest absolute Gasteiger partial charge is 0.354 e. The van der Waals surface area contributed by atoms with Crippen LogP contribution in [0.4, 0.5) is 0 Å². The molecular formula is C17H31N3O2. The summed E-state index contributed by atoms with van der Waals surface area (Å²) in [7, 11) is 6.01. The predicted molar refractivity (Wildman–Crippen MR) is 87.4 cm³/mol. The van der Waals surface area contributed by atoms with Crippen molar-refractivity contribution < 1.29 is 9.59 Å². The van der Waals surface area contributed by atoms with Gasteiger partial charge in [-0.3, -0.25) is 9.59 Å². The van der Waals surface area contributed by atoms with Crippen molar-refractivity contribution >= 4 is 11.8 Å². The van der Waals surface area contributed by atoms with E-state index in [-0.39, 0.29) is 17.7 Å². The maximum atomic E-state index is 12.4. The van der Waals surface area contributed by atoms with Crippen LogP contribution in [0.5, 0.6) is 0 Å². The van der Waals surface area contributed by atoms with Gasteiger partial charge in [-0.2, -0.15) is 0 Å². The zero-order chi connectivity index (χ0) is 16.1. The maximum absolute atomic E-state index is 12.4. The number of nitrogens with zero attached hydrogens (tertiary/aromatic N) is 2. The first-order valence-electron chi connectivity index (χ1n) is 8.67. The second kappa shape index (κ2) is 7.95. The van der Waals surface area contributed by atoms with Gasteiger partial charge in [0.1, 0.15) is 0 Å². The van der Waals surface area contributed by atoms with E-state index < -0.39 is 0 Å². The summed E-state index contributed by atoms with van der Waals surface area (Å²) >= 11 is 0. The number of carbonyl (C=O) groups excluding carboxylic acids is 2. The Hall–Kier alpha value is -1.10. The zero-order valence-electron chi connectivity index (χ0n) is 14.3. The number of carbonyl (C=O) groups is 2. The second-order valence-electron chi connectivity index (χ2n) is 7.18. The van der Waals surface area contributed by atoms with Crippen LogP contribution in [0.25, 0.3) is 0 Å². The van der Waals surface area contributed by atoms with Gasteiger partial charge in [-0.15, -0.1) is 0 Å². The molecule has 1 N–H and O–H groups in total. The van der Waals surface area contributed by atoms with Crippen molar-refractivity contribution in [3.8, 4) is 0 Å². The average molecular weight is 309 g/mol.